The highest BCUT2D eigenvalue weighted by Gasteiger charge is 2.39. The van der Waals surface area contributed by atoms with E-state index in [0.29, 0.717) is 11.3 Å². The Balaban J connectivity index is 2.96. The summed E-state index contributed by atoms with van der Waals surface area (Å²) in [6.07, 6.45) is -3.87. The summed E-state index contributed by atoms with van der Waals surface area (Å²) in [4.78, 5) is 23.7. The fourth-order valence-corrected chi connectivity index (χ4v) is 3.32. The third-order valence-electron chi connectivity index (χ3n) is 4.66. The first kappa shape index (κ1) is 28.1. The van der Waals surface area contributed by atoms with Crippen molar-refractivity contribution >= 4 is 19.7 Å². The van der Waals surface area contributed by atoms with Crippen LogP contribution in [-0.2, 0) is 31.9 Å². The molecule has 0 amide bonds. The summed E-state index contributed by atoms with van der Waals surface area (Å²) in [5, 5.41) is 6.59. The Morgan fingerprint density at radius 2 is 1.88 bits per heavy atom. The number of carbonyl (C=O) groups excluding carboxylic acids is 1. The molecule has 1 atom stereocenters. The van der Waals surface area contributed by atoms with Gasteiger partial charge in [0.15, 0.2) is 0 Å². The first-order valence-corrected chi connectivity index (χ1v) is 14.1. The highest BCUT2D eigenvalue weighted by molar-refractivity contribution is 6.76. The molecule has 0 radical (unpaired) electrons. The van der Waals surface area contributed by atoms with Gasteiger partial charge in [-0.25, -0.2) is 4.68 Å². The van der Waals surface area contributed by atoms with Gasteiger partial charge in [-0.05, 0) is 12.0 Å². The number of halogens is 3. The lowest BCUT2D eigenvalue weighted by atomic mass is 10.0. The second kappa shape index (κ2) is 12.4. The number of ether oxygens (including phenoxy) is 3. The molecule has 1 N–H and O–H groups in total. The molecule has 0 aliphatic heterocycles. The van der Waals surface area contributed by atoms with Crippen LogP contribution < -0.4 is 10.9 Å². The Hall–Kier alpha value is -1.92. The van der Waals surface area contributed by atoms with Crippen molar-refractivity contribution in [2.24, 2.45) is 5.92 Å². The molecular weight excluding hydrogens is 447 g/mol. The van der Waals surface area contributed by atoms with Crippen molar-refractivity contribution in [3.63, 3.8) is 0 Å². The van der Waals surface area contributed by atoms with E-state index in [-0.39, 0.29) is 32.3 Å². The van der Waals surface area contributed by atoms with E-state index in [4.69, 9.17) is 9.47 Å². The molecule has 8 nitrogen and oxygen atoms in total. The highest BCUT2D eigenvalue weighted by atomic mass is 28.3. The average Bonchev–Trinajstić information content (AvgIpc) is 2.66. The van der Waals surface area contributed by atoms with Gasteiger partial charge in [0.2, 0.25) is 0 Å². The number of aromatic nitrogens is 2. The summed E-state index contributed by atoms with van der Waals surface area (Å²) in [6.45, 7) is 10.1. The molecule has 1 heterocycles. The first-order valence-electron chi connectivity index (χ1n) is 10.4. The summed E-state index contributed by atoms with van der Waals surface area (Å²) in [6, 6.07) is 0.276. The number of anilines is 1. The van der Waals surface area contributed by atoms with Crippen LogP contribution in [0.5, 0.6) is 0 Å². The number of nitrogens with one attached hydrogen (secondary N) is 1. The molecule has 0 fully saturated rings. The predicted octanol–water partition coefficient (Wildman–Crippen LogP) is 3.59. The molecule has 184 valence electrons. The molecule has 0 unspecified atom stereocenters. The highest BCUT2D eigenvalue weighted by Crippen LogP contribution is 2.32. The van der Waals surface area contributed by atoms with Gasteiger partial charge in [0.25, 0.3) is 5.56 Å². The van der Waals surface area contributed by atoms with E-state index in [9.17, 15) is 22.8 Å². The number of carbonyl (C=O) groups is 1. The van der Waals surface area contributed by atoms with Gasteiger partial charge in [0, 0.05) is 14.7 Å². The Morgan fingerprint density at radius 3 is 2.41 bits per heavy atom. The van der Waals surface area contributed by atoms with Gasteiger partial charge in [-0.2, -0.15) is 18.3 Å². The monoisotopic (exact) mass is 481 g/mol. The van der Waals surface area contributed by atoms with E-state index in [0.717, 1.165) is 12.2 Å². The van der Waals surface area contributed by atoms with Gasteiger partial charge in [-0.1, -0.05) is 33.5 Å². The molecule has 0 aromatic carbocycles. The maximum Gasteiger partial charge on any atom is 0.423 e. The second-order valence-electron chi connectivity index (χ2n) is 8.98. The zero-order valence-electron chi connectivity index (χ0n) is 19.5. The van der Waals surface area contributed by atoms with Crippen LogP contribution in [-0.4, -0.2) is 56.8 Å². The molecule has 12 heteroatoms. The smallest absolute Gasteiger partial charge is 0.423 e. The summed E-state index contributed by atoms with van der Waals surface area (Å²) in [7, 11) is -0.115. The number of alkyl halides is 3. The molecule has 0 aliphatic carbocycles. The van der Waals surface area contributed by atoms with Crippen LogP contribution in [0.2, 0.25) is 25.7 Å². The van der Waals surface area contributed by atoms with E-state index in [1.165, 1.54) is 7.11 Å². The van der Waals surface area contributed by atoms with Crippen molar-refractivity contribution in [1.82, 2.24) is 9.78 Å². The summed E-state index contributed by atoms with van der Waals surface area (Å²) in [5.74, 6) is -0.570. The second-order valence-corrected chi connectivity index (χ2v) is 14.6. The fraction of sp³-hybridized carbons (Fsp3) is 0.750. The number of hydrogen-bond donors (Lipinski definition) is 1. The van der Waals surface area contributed by atoms with Crippen molar-refractivity contribution < 1.29 is 32.2 Å². The van der Waals surface area contributed by atoms with Crippen molar-refractivity contribution in [2.45, 2.75) is 64.9 Å². The first-order chi connectivity index (χ1) is 14.8. The minimum absolute atomic E-state index is 0.0322. The number of esters is 1. The Labute approximate surface area is 187 Å². The quantitative estimate of drug-likeness (QED) is 0.262. The molecule has 0 saturated carbocycles. The van der Waals surface area contributed by atoms with Gasteiger partial charge < -0.3 is 19.5 Å². The van der Waals surface area contributed by atoms with Crippen LogP contribution >= 0.6 is 0 Å². The number of methoxy groups -OCH3 is 1. The molecular formula is C20H34F3N3O5Si. The Morgan fingerprint density at radius 1 is 1.22 bits per heavy atom. The molecule has 1 aromatic heterocycles. The standard InChI is InChI=1S/C20H34F3N3O5Si/c1-14(2)16(12-30-8-7-17(27)29-3)25-15-11-24-26(13-31-9-10-32(4,5)6)19(28)18(15)20(21,22)23/h11,14,16,25H,7-10,12-13H2,1-6H3/t16-/m1/s1. The van der Waals surface area contributed by atoms with Crippen molar-refractivity contribution in [1.29, 1.82) is 0 Å². The SMILES string of the molecule is COC(=O)CCOC[C@@H](Nc1cnn(COCC[Si](C)(C)C)c(=O)c1C(F)(F)F)C(C)C. The zero-order valence-corrected chi connectivity index (χ0v) is 20.5. The van der Waals surface area contributed by atoms with Gasteiger partial charge >= 0.3 is 12.1 Å². The zero-order chi connectivity index (χ0) is 24.5. The van der Waals surface area contributed by atoms with Crippen molar-refractivity contribution in [2.75, 3.05) is 32.2 Å². The largest absolute Gasteiger partial charge is 0.469 e. The van der Waals surface area contributed by atoms with Gasteiger partial charge in [-0.3, -0.25) is 9.59 Å². The lowest BCUT2D eigenvalue weighted by molar-refractivity contribution is -0.142. The third-order valence-corrected chi connectivity index (χ3v) is 6.36. The van der Waals surface area contributed by atoms with Gasteiger partial charge in [0.05, 0.1) is 44.7 Å². The van der Waals surface area contributed by atoms with Crippen LogP contribution in [0.1, 0.15) is 25.8 Å². The van der Waals surface area contributed by atoms with E-state index in [1.54, 1.807) is 13.8 Å². The van der Waals surface area contributed by atoms with Crippen LogP contribution in [0.15, 0.2) is 11.0 Å². The minimum Gasteiger partial charge on any atom is -0.469 e. The minimum atomic E-state index is -4.88. The van der Waals surface area contributed by atoms with Gasteiger partial charge in [0.1, 0.15) is 12.3 Å². The van der Waals surface area contributed by atoms with E-state index in [2.05, 4.69) is 34.8 Å². The Bertz CT molecular complexity index is 794. The van der Waals surface area contributed by atoms with Gasteiger partial charge in [-0.15, -0.1) is 0 Å². The van der Waals surface area contributed by atoms with Crippen LogP contribution in [0.3, 0.4) is 0 Å². The average molecular weight is 482 g/mol. The number of rotatable bonds is 13. The lowest BCUT2D eigenvalue weighted by Gasteiger charge is -2.25. The topological polar surface area (TPSA) is 91.7 Å². The predicted molar refractivity (Wildman–Crippen MR) is 117 cm³/mol. The number of nitrogens with zero attached hydrogens (tertiary/aromatic N) is 2. The van der Waals surface area contributed by atoms with Crippen LogP contribution in [0.4, 0.5) is 18.9 Å². The summed E-state index contributed by atoms with van der Waals surface area (Å²) in [5.41, 5.74) is -3.03. The molecule has 0 spiro atoms. The number of hydrogen-bond acceptors (Lipinski definition) is 7. The third kappa shape index (κ3) is 9.70. The molecule has 0 aliphatic rings. The summed E-state index contributed by atoms with van der Waals surface area (Å²) < 4.78 is 57.2. The normalized spacial score (nSPS) is 13.3. The van der Waals surface area contributed by atoms with Crippen molar-refractivity contribution in [3.8, 4) is 0 Å². The lowest BCUT2D eigenvalue weighted by Crippen LogP contribution is -2.37. The van der Waals surface area contributed by atoms with Crippen LogP contribution in [0.25, 0.3) is 0 Å². The maximum absolute atomic E-state index is 13.7. The van der Waals surface area contributed by atoms with E-state index < -0.39 is 43.1 Å². The van der Waals surface area contributed by atoms with Crippen LogP contribution in [0, 0.1) is 5.92 Å². The van der Waals surface area contributed by atoms with E-state index in [1.807, 2.05) is 0 Å². The van der Waals surface area contributed by atoms with Crippen molar-refractivity contribution in [3.05, 3.63) is 22.1 Å². The Kier molecular flexibility index (Phi) is 10.9. The molecule has 0 saturated heterocycles. The summed E-state index contributed by atoms with van der Waals surface area (Å²) >= 11 is 0. The molecule has 0 bridgehead atoms. The molecule has 32 heavy (non-hydrogen) atoms. The molecule has 1 rings (SSSR count). The van der Waals surface area contributed by atoms with E-state index >= 15 is 0 Å². The fourth-order valence-electron chi connectivity index (χ4n) is 2.56. The molecule has 1 aromatic rings. The maximum atomic E-state index is 13.7.